The van der Waals surface area contributed by atoms with E-state index in [4.69, 9.17) is 9.84 Å². The highest BCUT2D eigenvalue weighted by molar-refractivity contribution is 7.89. The lowest BCUT2D eigenvalue weighted by atomic mass is 10.2. The van der Waals surface area contributed by atoms with Gasteiger partial charge >= 0.3 is 0 Å². The maximum Gasteiger partial charge on any atom is 0.217 e. The average molecular weight is 299 g/mol. The standard InChI is InChI=1S/C14H21NO4S/c16-9-8-15(11-13-5-2-1-3-6-13)20(17,18)12-14-7-4-10-19-14/h1-3,5-6,14,16H,4,7-12H2. The van der Waals surface area contributed by atoms with Gasteiger partial charge in [0, 0.05) is 19.7 Å². The molecule has 0 aromatic heterocycles. The second kappa shape index (κ2) is 7.17. The Morgan fingerprint density at radius 2 is 2.05 bits per heavy atom. The Balaban J connectivity index is 2.06. The van der Waals surface area contributed by atoms with Crippen LogP contribution in [0.5, 0.6) is 0 Å². The van der Waals surface area contributed by atoms with E-state index < -0.39 is 10.0 Å². The fourth-order valence-electron chi connectivity index (χ4n) is 2.33. The zero-order valence-corrected chi connectivity index (χ0v) is 12.3. The predicted octanol–water partition coefficient (Wildman–Crippen LogP) is 0.990. The number of hydrogen-bond acceptors (Lipinski definition) is 4. The topological polar surface area (TPSA) is 66.8 Å². The third-order valence-corrected chi connectivity index (χ3v) is 5.26. The summed E-state index contributed by atoms with van der Waals surface area (Å²) < 4.78 is 31.6. The van der Waals surface area contributed by atoms with Crippen molar-refractivity contribution in [3.8, 4) is 0 Å². The highest BCUT2D eigenvalue weighted by Gasteiger charge is 2.28. The van der Waals surface area contributed by atoms with Crippen LogP contribution in [0.2, 0.25) is 0 Å². The molecule has 1 saturated heterocycles. The number of ether oxygens (including phenoxy) is 1. The van der Waals surface area contributed by atoms with Gasteiger partial charge in [0.2, 0.25) is 10.0 Å². The van der Waals surface area contributed by atoms with Crippen molar-refractivity contribution >= 4 is 10.0 Å². The maximum atomic E-state index is 12.4. The van der Waals surface area contributed by atoms with Crippen LogP contribution in [0, 0.1) is 0 Å². The number of aliphatic hydroxyl groups is 1. The lowest BCUT2D eigenvalue weighted by molar-refractivity contribution is 0.126. The number of rotatable bonds is 7. The van der Waals surface area contributed by atoms with Crippen molar-refractivity contribution < 1.29 is 18.3 Å². The number of hydrogen-bond donors (Lipinski definition) is 1. The Bertz CT molecular complexity index is 497. The molecule has 5 nitrogen and oxygen atoms in total. The first-order valence-corrected chi connectivity index (χ1v) is 8.47. The smallest absolute Gasteiger partial charge is 0.217 e. The van der Waals surface area contributed by atoms with Gasteiger partial charge in [0.25, 0.3) is 0 Å². The second-order valence-corrected chi connectivity index (χ2v) is 6.97. The van der Waals surface area contributed by atoms with E-state index in [0.717, 1.165) is 18.4 Å². The van der Waals surface area contributed by atoms with Crippen molar-refractivity contribution in [3.05, 3.63) is 35.9 Å². The van der Waals surface area contributed by atoms with Crippen molar-refractivity contribution in [2.45, 2.75) is 25.5 Å². The average Bonchev–Trinajstić information content (AvgIpc) is 2.91. The van der Waals surface area contributed by atoms with Gasteiger partial charge in [-0.25, -0.2) is 8.42 Å². The first kappa shape index (κ1) is 15.4. The third-order valence-electron chi connectivity index (χ3n) is 3.37. The van der Waals surface area contributed by atoms with Crippen molar-refractivity contribution in [3.63, 3.8) is 0 Å². The van der Waals surface area contributed by atoms with Crippen LogP contribution < -0.4 is 0 Å². The molecule has 0 saturated carbocycles. The minimum Gasteiger partial charge on any atom is -0.395 e. The lowest BCUT2D eigenvalue weighted by Crippen LogP contribution is -2.38. The highest BCUT2D eigenvalue weighted by Crippen LogP contribution is 2.17. The Morgan fingerprint density at radius 3 is 2.65 bits per heavy atom. The van der Waals surface area contributed by atoms with Gasteiger partial charge < -0.3 is 9.84 Å². The summed E-state index contributed by atoms with van der Waals surface area (Å²) in [7, 11) is -3.42. The van der Waals surface area contributed by atoms with Gasteiger partial charge in [-0.3, -0.25) is 0 Å². The molecule has 1 aromatic rings. The van der Waals surface area contributed by atoms with E-state index in [2.05, 4.69) is 0 Å². The van der Waals surface area contributed by atoms with Crippen LogP contribution >= 0.6 is 0 Å². The van der Waals surface area contributed by atoms with E-state index >= 15 is 0 Å². The van der Waals surface area contributed by atoms with Crippen LogP contribution in [0.3, 0.4) is 0 Å². The number of aliphatic hydroxyl groups excluding tert-OH is 1. The lowest BCUT2D eigenvalue weighted by Gasteiger charge is -2.23. The monoisotopic (exact) mass is 299 g/mol. The Labute approximate surface area is 120 Å². The molecule has 6 heteroatoms. The second-order valence-electron chi connectivity index (χ2n) is 4.96. The van der Waals surface area contributed by atoms with Crippen LogP contribution in [-0.2, 0) is 21.3 Å². The SMILES string of the molecule is O=S(=O)(CC1CCCO1)N(CCO)Cc1ccccc1. The summed E-state index contributed by atoms with van der Waals surface area (Å²) in [5, 5.41) is 9.10. The molecule has 1 aliphatic rings. The molecule has 1 atom stereocenters. The van der Waals surface area contributed by atoms with Gasteiger partial charge in [0.1, 0.15) is 0 Å². The number of sulfonamides is 1. The summed E-state index contributed by atoms with van der Waals surface area (Å²) in [6.45, 7) is 0.858. The molecule has 0 spiro atoms. The Kier molecular flexibility index (Phi) is 5.54. The van der Waals surface area contributed by atoms with E-state index in [1.807, 2.05) is 30.3 Å². The normalized spacial score (nSPS) is 19.6. The molecule has 1 N–H and O–H groups in total. The molecular weight excluding hydrogens is 278 g/mol. The zero-order valence-electron chi connectivity index (χ0n) is 11.4. The molecule has 20 heavy (non-hydrogen) atoms. The van der Waals surface area contributed by atoms with Crippen molar-refractivity contribution in [2.75, 3.05) is 25.5 Å². The minimum atomic E-state index is -3.42. The quantitative estimate of drug-likeness (QED) is 0.815. The van der Waals surface area contributed by atoms with E-state index in [1.54, 1.807) is 0 Å². The Morgan fingerprint density at radius 1 is 1.30 bits per heavy atom. The van der Waals surface area contributed by atoms with Gasteiger partial charge in [-0.1, -0.05) is 30.3 Å². The summed E-state index contributed by atoms with van der Waals surface area (Å²) >= 11 is 0. The van der Waals surface area contributed by atoms with E-state index in [0.29, 0.717) is 6.61 Å². The molecule has 0 radical (unpaired) electrons. The largest absolute Gasteiger partial charge is 0.395 e. The summed E-state index contributed by atoms with van der Waals surface area (Å²) in [5.41, 5.74) is 0.914. The molecule has 0 aliphatic carbocycles. The maximum absolute atomic E-state index is 12.4. The molecule has 1 unspecified atom stereocenters. The van der Waals surface area contributed by atoms with Crippen LogP contribution in [0.1, 0.15) is 18.4 Å². The van der Waals surface area contributed by atoms with Crippen LogP contribution in [0.15, 0.2) is 30.3 Å². The number of nitrogens with zero attached hydrogens (tertiary/aromatic N) is 1. The van der Waals surface area contributed by atoms with Crippen LogP contribution in [0.4, 0.5) is 0 Å². The summed E-state index contributed by atoms with van der Waals surface area (Å²) in [6, 6.07) is 9.40. The van der Waals surface area contributed by atoms with Gasteiger partial charge in [0.15, 0.2) is 0 Å². The third kappa shape index (κ3) is 4.28. The Hall–Kier alpha value is -0.950. The molecule has 1 aromatic carbocycles. The fraction of sp³-hybridized carbons (Fsp3) is 0.571. The molecular formula is C14H21NO4S. The summed E-state index contributed by atoms with van der Waals surface area (Å²) in [5.74, 6) is -0.000165. The van der Waals surface area contributed by atoms with Crippen molar-refractivity contribution in [1.82, 2.24) is 4.31 Å². The van der Waals surface area contributed by atoms with Crippen LogP contribution in [0.25, 0.3) is 0 Å². The van der Waals surface area contributed by atoms with E-state index in [-0.39, 0.29) is 31.6 Å². The fourth-order valence-corrected chi connectivity index (χ4v) is 3.98. The van der Waals surface area contributed by atoms with Gasteiger partial charge in [-0.2, -0.15) is 4.31 Å². The molecule has 1 aliphatic heterocycles. The molecule has 112 valence electrons. The van der Waals surface area contributed by atoms with Gasteiger partial charge in [-0.15, -0.1) is 0 Å². The van der Waals surface area contributed by atoms with E-state index in [9.17, 15) is 8.42 Å². The highest BCUT2D eigenvalue weighted by atomic mass is 32.2. The van der Waals surface area contributed by atoms with Gasteiger partial charge in [0.05, 0.1) is 18.5 Å². The number of benzene rings is 1. The summed E-state index contributed by atoms with van der Waals surface area (Å²) in [4.78, 5) is 0. The molecule has 0 amide bonds. The molecule has 1 heterocycles. The zero-order chi connectivity index (χ0) is 14.4. The van der Waals surface area contributed by atoms with Crippen molar-refractivity contribution in [1.29, 1.82) is 0 Å². The van der Waals surface area contributed by atoms with E-state index in [1.165, 1.54) is 4.31 Å². The molecule has 1 fully saturated rings. The molecule has 0 bridgehead atoms. The van der Waals surface area contributed by atoms with Crippen LogP contribution in [-0.4, -0.2) is 49.4 Å². The van der Waals surface area contributed by atoms with Gasteiger partial charge in [-0.05, 0) is 18.4 Å². The predicted molar refractivity (Wildman–Crippen MR) is 76.7 cm³/mol. The minimum absolute atomic E-state index is 0.000165. The first-order chi connectivity index (χ1) is 9.62. The molecule has 2 rings (SSSR count). The van der Waals surface area contributed by atoms with Crippen molar-refractivity contribution in [2.24, 2.45) is 0 Å². The first-order valence-electron chi connectivity index (χ1n) is 6.86. The summed E-state index contributed by atoms with van der Waals surface area (Å²) in [6.07, 6.45) is 1.49.